The van der Waals surface area contributed by atoms with E-state index >= 15 is 0 Å². The summed E-state index contributed by atoms with van der Waals surface area (Å²) in [5, 5.41) is 3.14. The van der Waals surface area contributed by atoms with Crippen molar-refractivity contribution in [1.29, 1.82) is 0 Å². The molecule has 1 rings (SSSR count). The first-order valence-electron chi connectivity index (χ1n) is 5.81. The minimum Gasteiger partial charge on any atom is -0.369 e. The Labute approximate surface area is 110 Å². The Morgan fingerprint density at radius 3 is 2.61 bits per heavy atom. The molecule has 0 saturated carbocycles. The minimum atomic E-state index is -1.23. The fourth-order valence-electron chi connectivity index (χ4n) is 1.95. The highest BCUT2D eigenvalue weighted by atomic mass is 32.2. The smallest absolute Gasteiger partial charge is 0.230 e. The van der Waals surface area contributed by atoms with Gasteiger partial charge in [0.1, 0.15) is 5.75 Å². The molecule has 0 fully saturated rings. The van der Waals surface area contributed by atoms with Crippen LogP contribution in [0.2, 0.25) is 0 Å². The van der Waals surface area contributed by atoms with Crippen LogP contribution in [0.25, 0.3) is 0 Å². The molecule has 0 aliphatic carbocycles. The highest BCUT2D eigenvalue weighted by Gasteiger charge is 2.16. The van der Waals surface area contributed by atoms with Crippen molar-refractivity contribution < 1.29 is 9.00 Å². The van der Waals surface area contributed by atoms with E-state index in [1.807, 2.05) is 33.0 Å². The lowest BCUT2D eigenvalue weighted by Crippen LogP contribution is -2.28. The van der Waals surface area contributed by atoms with Gasteiger partial charge in [-0.05, 0) is 32.0 Å². The maximum absolute atomic E-state index is 11.7. The molecule has 1 aromatic carbocycles. The summed E-state index contributed by atoms with van der Waals surface area (Å²) < 4.78 is 11.7. The summed E-state index contributed by atoms with van der Waals surface area (Å²) in [6.07, 6.45) is 0. The van der Waals surface area contributed by atoms with Gasteiger partial charge in [0, 0.05) is 22.6 Å². The molecule has 2 unspecified atom stereocenters. The Balaban J connectivity index is 2.83. The molecule has 0 aromatic heterocycles. The van der Waals surface area contributed by atoms with Crippen molar-refractivity contribution in [2.75, 3.05) is 18.6 Å². The second-order valence-corrected chi connectivity index (χ2v) is 5.92. The number of primary amides is 1. The third-order valence-corrected chi connectivity index (χ3v) is 4.12. The Morgan fingerprint density at radius 1 is 1.44 bits per heavy atom. The molecule has 2 atom stereocenters. The molecular weight excluding hydrogens is 248 g/mol. The lowest BCUT2D eigenvalue weighted by molar-refractivity contribution is -0.115. The number of benzene rings is 1. The Hall–Kier alpha value is -1.20. The fourth-order valence-corrected chi connectivity index (χ4v) is 3.10. The van der Waals surface area contributed by atoms with Crippen LogP contribution in [0, 0.1) is 13.8 Å². The standard InChI is InChI=1S/C13H20N2O2S/c1-9-4-5-11(10(2)6-9)12(15-3)7-18(17)8-13(14)16/h4-6,12,15H,7-8H2,1-3H3,(H2,14,16). The van der Waals surface area contributed by atoms with Crippen molar-refractivity contribution in [2.45, 2.75) is 19.9 Å². The van der Waals surface area contributed by atoms with Crippen LogP contribution in [0.4, 0.5) is 0 Å². The SMILES string of the molecule is CNC(CS(=O)CC(N)=O)c1ccc(C)cc1C. The highest BCUT2D eigenvalue weighted by molar-refractivity contribution is 7.85. The second kappa shape index (κ2) is 6.66. The first-order chi connectivity index (χ1) is 8.43. The van der Waals surface area contributed by atoms with Crippen molar-refractivity contribution in [2.24, 2.45) is 5.73 Å². The zero-order valence-electron chi connectivity index (χ0n) is 11.0. The molecule has 0 heterocycles. The monoisotopic (exact) mass is 268 g/mol. The third kappa shape index (κ3) is 4.23. The molecule has 100 valence electrons. The summed E-state index contributed by atoms with van der Waals surface area (Å²) in [4.78, 5) is 10.7. The molecule has 18 heavy (non-hydrogen) atoms. The van der Waals surface area contributed by atoms with Crippen molar-refractivity contribution >= 4 is 16.7 Å². The number of hydrogen-bond acceptors (Lipinski definition) is 3. The summed E-state index contributed by atoms with van der Waals surface area (Å²) >= 11 is 0. The largest absolute Gasteiger partial charge is 0.369 e. The molecule has 0 spiro atoms. The van der Waals surface area contributed by atoms with Crippen LogP contribution in [0.5, 0.6) is 0 Å². The van der Waals surface area contributed by atoms with Gasteiger partial charge in [-0.15, -0.1) is 0 Å². The second-order valence-electron chi connectivity index (χ2n) is 4.42. The van der Waals surface area contributed by atoms with Crippen LogP contribution in [0.15, 0.2) is 18.2 Å². The maximum atomic E-state index is 11.7. The van der Waals surface area contributed by atoms with Crippen LogP contribution in [-0.4, -0.2) is 28.7 Å². The number of aryl methyl sites for hydroxylation is 2. The van der Waals surface area contributed by atoms with E-state index < -0.39 is 16.7 Å². The van der Waals surface area contributed by atoms with Crippen LogP contribution in [0.3, 0.4) is 0 Å². The molecule has 0 aliphatic rings. The molecule has 0 aliphatic heterocycles. The topological polar surface area (TPSA) is 72.2 Å². The van der Waals surface area contributed by atoms with E-state index in [1.165, 1.54) is 5.56 Å². The van der Waals surface area contributed by atoms with E-state index in [1.54, 1.807) is 0 Å². The van der Waals surface area contributed by atoms with Crippen LogP contribution < -0.4 is 11.1 Å². The molecule has 5 heteroatoms. The number of amides is 1. The quantitative estimate of drug-likeness (QED) is 0.801. The van der Waals surface area contributed by atoms with Gasteiger partial charge < -0.3 is 11.1 Å². The Bertz CT molecular complexity index is 460. The predicted octanol–water partition coefficient (Wildman–Crippen LogP) is 0.798. The molecule has 4 nitrogen and oxygen atoms in total. The van der Waals surface area contributed by atoms with Gasteiger partial charge in [0.15, 0.2) is 0 Å². The minimum absolute atomic E-state index is 0.0224. The molecule has 3 N–H and O–H groups in total. The zero-order valence-corrected chi connectivity index (χ0v) is 11.8. The molecule has 1 aromatic rings. The predicted molar refractivity (Wildman–Crippen MR) is 74.8 cm³/mol. The molecule has 0 radical (unpaired) electrons. The van der Waals surface area contributed by atoms with Gasteiger partial charge in [-0.25, -0.2) is 0 Å². The van der Waals surface area contributed by atoms with Gasteiger partial charge in [-0.3, -0.25) is 9.00 Å². The lowest BCUT2D eigenvalue weighted by Gasteiger charge is -2.18. The Morgan fingerprint density at radius 2 is 2.11 bits per heavy atom. The summed E-state index contributed by atoms with van der Waals surface area (Å²) in [5.41, 5.74) is 8.51. The third-order valence-electron chi connectivity index (χ3n) is 2.80. The van der Waals surface area contributed by atoms with Gasteiger partial charge in [-0.2, -0.15) is 0 Å². The van der Waals surface area contributed by atoms with Gasteiger partial charge in [0.05, 0.1) is 0 Å². The van der Waals surface area contributed by atoms with E-state index in [0.29, 0.717) is 5.75 Å². The molecule has 0 saturated heterocycles. The lowest BCUT2D eigenvalue weighted by atomic mass is 10.0. The number of hydrogen-bond donors (Lipinski definition) is 2. The van der Waals surface area contributed by atoms with E-state index in [4.69, 9.17) is 5.73 Å². The molecule has 1 amide bonds. The van der Waals surface area contributed by atoms with Gasteiger partial charge in [-0.1, -0.05) is 23.8 Å². The Kier molecular flexibility index (Phi) is 5.50. The van der Waals surface area contributed by atoms with Gasteiger partial charge in [0.25, 0.3) is 0 Å². The number of nitrogens with two attached hydrogens (primary N) is 1. The summed E-state index contributed by atoms with van der Waals surface area (Å²) in [7, 11) is 0.594. The van der Waals surface area contributed by atoms with Crippen LogP contribution in [0.1, 0.15) is 22.7 Å². The first kappa shape index (κ1) is 14.9. The summed E-state index contributed by atoms with van der Waals surface area (Å²) in [6, 6.07) is 6.14. The van der Waals surface area contributed by atoms with E-state index in [0.717, 1.165) is 11.1 Å². The van der Waals surface area contributed by atoms with Crippen molar-refractivity contribution in [3.8, 4) is 0 Å². The zero-order chi connectivity index (χ0) is 13.7. The van der Waals surface area contributed by atoms with E-state index in [9.17, 15) is 9.00 Å². The normalized spacial score (nSPS) is 14.2. The van der Waals surface area contributed by atoms with Gasteiger partial charge in [0.2, 0.25) is 5.91 Å². The van der Waals surface area contributed by atoms with Crippen LogP contribution in [-0.2, 0) is 15.6 Å². The average molecular weight is 268 g/mol. The highest BCUT2D eigenvalue weighted by Crippen LogP contribution is 2.19. The number of carbonyl (C=O) groups excluding carboxylic acids is 1. The van der Waals surface area contributed by atoms with E-state index in [2.05, 4.69) is 11.4 Å². The van der Waals surface area contributed by atoms with Gasteiger partial charge >= 0.3 is 0 Å². The van der Waals surface area contributed by atoms with Crippen LogP contribution >= 0.6 is 0 Å². The molecular formula is C13H20N2O2S. The number of nitrogens with one attached hydrogen (secondary N) is 1. The fraction of sp³-hybridized carbons (Fsp3) is 0.462. The molecule has 0 bridgehead atoms. The van der Waals surface area contributed by atoms with Crippen molar-refractivity contribution in [1.82, 2.24) is 5.32 Å². The number of carbonyl (C=O) groups is 1. The summed E-state index contributed by atoms with van der Waals surface area (Å²) in [6.45, 7) is 4.07. The first-order valence-corrected chi connectivity index (χ1v) is 7.30. The maximum Gasteiger partial charge on any atom is 0.230 e. The van der Waals surface area contributed by atoms with Crippen molar-refractivity contribution in [3.05, 3.63) is 34.9 Å². The average Bonchev–Trinajstić information content (AvgIpc) is 2.25. The number of rotatable bonds is 6. The van der Waals surface area contributed by atoms with E-state index in [-0.39, 0.29) is 11.8 Å². The summed E-state index contributed by atoms with van der Waals surface area (Å²) in [5.74, 6) is -0.212. The van der Waals surface area contributed by atoms with Crippen molar-refractivity contribution in [3.63, 3.8) is 0 Å².